The van der Waals surface area contributed by atoms with Crippen LogP contribution in [-0.2, 0) is 4.79 Å². The SMILES string of the molecule is CCCOc1ccc(C(=O)CCC(=O)Nc2ccc(C(C)=O)cc2)cc1. The van der Waals surface area contributed by atoms with Crippen LogP contribution in [0.3, 0.4) is 0 Å². The Balaban J connectivity index is 1.82. The number of carbonyl (C=O) groups is 3. The van der Waals surface area contributed by atoms with Crippen molar-refractivity contribution in [3.8, 4) is 5.75 Å². The van der Waals surface area contributed by atoms with Crippen LogP contribution in [0.5, 0.6) is 5.75 Å². The maximum Gasteiger partial charge on any atom is 0.224 e. The van der Waals surface area contributed by atoms with E-state index in [2.05, 4.69) is 5.32 Å². The summed E-state index contributed by atoms with van der Waals surface area (Å²) in [5.74, 6) is 0.376. The second kappa shape index (κ2) is 9.51. The van der Waals surface area contributed by atoms with Crippen molar-refractivity contribution in [2.24, 2.45) is 0 Å². The highest BCUT2D eigenvalue weighted by molar-refractivity contribution is 6.00. The van der Waals surface area contributed by atoms with E-state index in [1.165, 1.54) is 6.92 Å². The van der Waals surface area contributed by atoms with Gasteiger partial charge in [-0.25, -0.2) is 0 Å². The predicted octanol–water partition coefficient (Wildman–Crippen LogP) is 4.28. The molecule has 0 saturated heterocycles. The van der Waals surface area contributed by atoms with E-state index in [0.29, 0.717) is 23.4 Å². The van der Waals surface area contributed by atoms with Gasteiger partial charge in [0.25, 0.3) is 0 Å². The first-order valence-corrected chi connectivity index (χ1v) is 8.66. The first kappa shape index (κ1) is 19.4. The van der Waals surface area contributed by atoms with E-state index in [0.717, 1.165) is 12.2 Å². The minimum atomic E-state index is -0.239. The zero-order chi connectivity index (χ0) is 18.9. The highest BCUT2D eigenvalue weighted by Gasteiger charge is 2.10. The third kappa shape index (κ3) is 5.84. The molecule has 2 aromatic rings. The van der Waals surface area contributed by atoms with Gasteiger partial charge in [-0.05, 0) is 61.9 Å². The van der Waals surface area contributed by atoms with Gasteiger partial charge in [0, 0.05) is 29.7 Å². The van der Waals surface area contributed by atoms with Gasteiger partial charge in [0.05, 0.1) is 6.61 Å². The lowest BCUT2D eigenvalue weighted by atomic mass is 10.1. The molecule has 1 amide bonds. The van der Waals surface area contributed by atoms with Crippen LogP contribution in [0.15, 0.2) is 48.5 Å². The summed E-state index contributed by atoms with van der Waals surface area (Å²) in [5, 5.41) is 2.72. The predicted molar refractivity (Wildman–Crippen MR) is 101 cm³/mol. The van der Waals surface area contributed by atoms with E-state index < -0.39 is 0 Å². The van der Waals surface area contributed by atoms with Crippen molar-refractivity contribution in [1.82, 2.24) is 0 Å². The number of hydrogen-bond donors (Lipinski definition) is 1. The molecule has 0 atom stereocenters. The molecule has 5 heteroatoms. The lowest BCUT2D eigenvalue weighted by Crippen LogP contribution is -2.13. The molecule has 0 unspecified atom stereocenters. The van der Waals surface area contributed by atoms with Gasteiger partial charge in [0.15, 0.2) is 11.6 Å². The number of ether oxygens (including phenoxy) is 1. The number of benzene rings is 2. The highest BCUT2D eigenvalue weighted by Crippen LogP contribution is 2.15. The second-order valence-electron chi connectivity index (χ2n) is 5.98. The molecule has 136 valence electrons. The highest BCUT2D eigenvalue weighted by atomic mass is 16.5. The Morgan fingerprint density at radius 2 is 1.50 bits per heavy atom. The number of nitrogens with one attached hydrogen (secondary N) is 1. The van der Waals surface area contributed by atoms with Gasteiger partial charge in [0.2, 0.25) is 5.91 Å². The van der Waals surface area contributed by atoms with Crippen molar-refractivity contribution in [2.45, 2.75) is 33.1 Å². The zero-order valence-corrected chi connectivity index (χ0v) is 15.1. The first-order chi connectivity index (χ1) is 12.5. The zero-order valence-electron chi connectivity index (χ0n) is 15.1. The molecule has 0 aromatic heterocycles. The average molecular weight is 353 g/mol. The van der Waals surface area contributed by atoms with Crippen molar-refractivity contribution < 1.29 is 19.1 Å². The van der Waals surface area contributed by atoms with Crippen molar-refractivity contribution in [2.75, 3.05) is 11.9 Å². The lowest BCUT2D eigenvalue weighted by molar-refractivity contribution is -0.116. The standard InChI is InChI=1S/C21H23NO4/c1-3-14-26-19-10-6-17(7-11-19)20(24)12-13-21(25)22-18-8-4-16(5-9-18)15(2)23/h4-11H,3,12-14H2,1-2H3,(H,22,25). The number of Topliss-reactive ketones (excluding diaryl/α,β-unsaturated/α-hetero) is 2. The van der Waals surface area contributed by atoms with Crippen LogP contribution in [0.4, 0.5) is 5.69 Å². The summed E-state index contributed by atoms with van der Waals surface area (Å²) in [5.41, 5.74) is 1.75. The number of ketones is 2. The molecule has 0 fully saturated rings. The van der Waals surface area contributed by atoms with E-state index in [9.17, 15) is 14.4 Å². The number of carbonyl (C=O) groups excluding carboxylic acids is 3. The fourth-order valence-electron chi connectivity index (χ4n) is 2.34. The molecular weight excluding hydrogens is 330 g/mol. The van der Waals surface area contributed by atoms with E-state index in [4.69, 9.17) is 4.74 Å². The Hall–Kier alpha value is -2.95. The number of rotatable bonds is 9. The van der Waals surface area contributed by atoms with Gasteiger partial charge >= 0.3 is 0 Å². The monoisotopic (exact) mass is 353 g/mol. The van der Waals surface area contributed by atoms with Crippen LogP contribution in [0.1, 0.15) is 53.8 Å². The number of hydrogen-bond acceptors (Lipinski definition) is 4. The van der Waals surface area contributed by atoms with E-state index in [-0.39, 0.29) is 30.3 Å². The van der Waals surface area contributed by atoms with Crippen LogP contribution in [0.25, 0.3) is 0 Å². The van der Waals surface area contributed by atoms with E-state index in [1.807, 2.05) is 6.92 Å². The summed E-state index contributed by atoms with van der Waals surface area (Å²) < 4.78 is 5.48. The molecule has 5 nitrogen and oxygen atoms in total. The van der Waals surface area contributed by atoms with Crippen LogP contribution < -0.4 is 10.1 Å². The molecule has 0 aliphatic carbocycles. The van der Waals surface area contributed by atoms with Gasteiger partial charge in [-0.3, -0.25) is 14.4 Å². The topological polar surface area (TPSA) is 72.5 Å². The first-order valence-electron chi connectivity index (χ1n) is 8.66. The largest absolute Gasteiger partial charge is 0.494 e. The summed E-state index contributed by atoms with van der Waals surface area (Å²) in [6, 6.07) is 13.6. The maximum atomic E-state index is 12.2. The Morgan fingerprint density at radius 1 is 0.885 bits per heavy atom. The van der Waals surface area contributed by atoms with Gasteiger partial charge in [-0.15, -0.1) is 0 Å². The van der Waals surface area contributed by atoms with Crippen molar-refractivity contribution in [3.63, 3.8) is 0 Å². The van der Waals surface area contributed by atoms with Crippen molar-refractivity contribution >= 4 is 23.2 Å². The molecule has 1 N–H and O–H groups in total. The third-order valence-electron chi connectivity index (χ3n) is 3.80. The smallest absolute Gasteiger partial charge is 0.224 e. The fourth-order valence-corrected chi connectivity index (χ4v) is 2.34. The fraction of sp³-hybridized carbons (Fsp3) is 0.286. The van der Waals surface area contributed by atoms with E-state index in [1.54, 1.807) is 48.5 Å². The number of anilines is 1. The number of amides is 1. The second-order valence-corrected chi connectivity index (χ2v) is 5.98. The quantitative estimate of drug-likeness (QED) is 0.683. The molecule has 0 bridgehead atoms. The van der Waals surface area contributed by atoms with Crippen molar-refractivity contribution in [3.05, 3.63) is 59.7 Å². The third-order valence-corrected chi connectivity index (χ3v) is 3.80. The lowest BCUT2D eigenvalue weighted by Gasteiger charge is -2.07. The summed E-state index contributed by atoms with van der Waals surface area (Å²) >= 11 is 0. The summed E-state index contributed by atoms with van der Waals surface area (Å²) in [6.45, 7) is 4.16. The maximum absolute atomic E-state index is 12.2. The van der Waals surface area contributed by atoms with Crippen LogP contribution in [-0.4, -0.2) is 24.1 Å². The normalized spacial score (nSPS) is 10.2. The average Bonchev–Trinajstić information content (AvgIpc) is 2.65. The molecule has 0 aliphatic heterocycles. The summed E-state index contributed by atoms with van der Waals surface area (Å²) in [6.07, 6.45) is 1.15. The van der Waals surface area contributed by atoms with Gasteiger partial charge in [0.1, 0.15) is 5.75 Å². The molecule has 0 saturated carbocycles. The Bertz CT molecular complexity index is 764. The Kier molecular flexibility index (Phi) is 7.09. The minimum absolute atomic E-state index is 0.0282. The van der Waals surface area contributed by atoms with Gasteiger partial charge in [-0.1, -0.05) is 6.92 Å². The summed E-state index contributed by atoms with van der Waals surface area (Å²) in [7, 11) is 0. The molecule has 2 aromatic carbocycles. The van der Waals surface area contributed by atoms with Crippen molar-refractivity contribution in [1.29, 1.82) is 0 Å². The molecular formula is C21H23NO4. The van der Waals surface area contributed by atoms with Crippen LogP contribution in [0, 0.1) is 0 Å². The van der Waals surface area contributed by atoms with E-state index >= 15 is 0 Å². The Morgan fingerprint density at radius 3 is 2.08 bits per heavy atom. The van der Waals surface area contributed by atoms with Gasteiger partial charge < -0.3 is 10.1 Å². The molecule has 2 rings (SSSR count). The van der Waals surface area contributed by atoms with Crippen LogP contribution >= 0.6 is 0 Å². The molecule has 0 heterocycles. The molecule has 0 radical (unpaired) electrons. The Labute approximate surface area is 153 Å². The molecule has 26 heavy (non-hydrogen) atoms. The van der Waals surface area contributed by atoms with Crippen LogP contribution in [0.2, 0.25) is 0 Å². The van der Waals surface area contributed by atoms with Gasteiger partial charge in [-0.2, -0.15) is 0 Å². The molecule has 0 aliphatic rings. The molecule has 0 spiro atoms. The summed E-state index contributed by atoms with van der Waals surface area (Å²) in [4.78, 5) is 35.4. The minimum Gasteiger partial charge on any atom is -0.494 e.